The van der Waals surface area contributed by atoms with Crippen LogP contribution in [0.25, 0.3) is 34.5 Å². The molecule has 0 atom stereocenters. The summed E-state index contributed by atoms with van der Waals surface area (Å²) >= 11 is 5.77. The Bertz CT molecular complexity index is 1990. The lowest BCUT2D eigenvalue weighted by Crippen LogP contribution is -2.27. The molecule has 1 aliphatic heterocycles. The maximum Gasteiger partial charge on any atom is 0.254 e. The van der Waals surface area contributed by atoms with Crippen LogP contribution in [0.3, 0.4) is 0 Å². The Kier molecular flexibility index (Phi) is 8.13. The van der Waals surface area contributed by atoms with Crippen LogP contribution in [0.1, 0.15) is 46.9 Å². The highest BCUT2D eigenvalue weighted by Gasteiger charge is 2.22. The summed E-state index contributed by atoms with van der Waals surface area (Å²) in [5, 5.41) is 8.85. The number of aromatic nitrogens is 6. The SMILES string of the molecule is CCCN(C)C(=O)c1cc(N)n2nc(-c3ccc(Cl)o3)nc2c1.Nc1cc(C(=O)N2CCCC2)cc2nc(-c3ccco3)nn12. The first-order chi connectivity index (χ1) is 21.7. The van der Waals surface area contributed by atoms with Gasteiger partial charge < -0.3 is 30.1 Å². The zero-order chi connectivity index (χ0) is 31.7. The van der Waals surface area contributed by atoms with Crippen molar-refractivity contribution in [3.05, 3.63) is 71.1 Å². The Hall–Kier alpha value is -5.37. The molecule has 7 rings (SSSR count). The zero-order valence-corrected chi connectivity index (χ0v) is 25.4. The van der Waals surface area contributed by atoms with E-state index in [1.54, 1.807) is 66.7 Å². The second-order valence-electron chi connectivity index (χ2n) is 10.6. The minimum atomic E-state index is -0.105. The number of amides is 2. The van der Waals surface area contributed by atoms with E-state index in [4.69, 9.17) is 31.9 Å². The maximum absolute atomic E-state index is 12.5. The number of hydrogen-bond acceptors (Lipinski definition) is 10. The van der Waals surface area contributed by atoms with Gasteiger partial charge in [-0.15, -0.1) is 10.2 Å². The standard InChI is InChI=1S/C15H16ClN5O2.C15H15N5O2/c1-3-6-20(2)15(22)9-7-12(17)21-13(8-9)18-14(19-21)10-4-5-11(16)23-10;16-12-8-10(15(21)19-5-1-2-6-19)9-13-17-14(18-20(12)13)11-4-3-7-22-11/h4-5,7-8H,3,6,17H2,1-2H3;3-4,7-9H,1-2,5-6,16H2. The summed E-state index contributed by atoms with van der Waals surface area (Å²) in [4.78, 5) is 37.1. The van der Waals surface area contributed by atoms with Crippen molar-refractivity contribution in [2.45, 2.75) is 26.2 Å². The first kappa shape index (κ1) is 29.7. The number of rotatable bonds is 6. The first-order valence-electron chi connectivity index (χ1n) is 14.4. The molecule has 0 saturated carbocycles. The molecule has 7 heterocycles. The molecule has 0 spiro atoms. The number of furan rings is 2. The summed E-state index contributed by atoms with van der Waals surface area (Å²) in [5.41, 5.74) is 14.0. The highest BCUT2D eigenvalue weighted by molar-refractivity contribution is 6.29. The van der Waals surface area contributed by atoms with Crippen molar-refractivity contribution in [2.75, 3.05) is 38.1 Å². The fraction of sp³-hybridized carbons (Fsp3) is 0.267. The number of nitrogens with zero attached hydrogens (tertiary/aromatic N) is 8. The maximum atomic E-state index is 12.5. The number of likely N-dealkylation sites (tertiary alicyclic amines) is 1. The van der Waals surface area contributed by atoms with Gasteiger partial charge in [0.05, 0.1) is 6.26 Å². The minimum absolute atomic E-state index is 0.00533. The van der Waals surface area contributed by atoms with Crippen LogP contribution in [0, 0.1) is 0 Å². The Morgan fingerprint density at radius 1 is 0.911 bits per heavy atom. The van der Waals surface area contributed by atoms with Crippen LogP contribution in [0.15, 0.2) is 63.6 Å². The third-order valence-electron chi connectivity index (χ3n) is 7.26. The zero-order valence-electron chi connectivity index (χ0n) is 24.7. The van der Waals surface area contributed by atoms with Gasteiger partial charge in [0.2, 0.25) is 11.6 Å². The number of carbonyl (C=O) groups excluding carboxylic acids is 2. The number of fused-ring (bicyclic) bond motifs is 2. The Morgan fingerprint density at radius 2 is 1.53 bits per heavy atom. The first-order valence-corrected chi connectivity index (χ1v) is 14.8. The van der Waals surface area contributed by atoms with Gasteiger partial charge in [0.1, 0.15) is 11.6 Å². The van der Waals surface area contributed by atoms with Crippen LogP contribution in [-0.2, 0) is 0 Å². The third kappa shape index (κ3) is 6.04. The van der Waals surface area contributed by atoms with Gasteiger partial charge in [-0.2, -0.15) is 9.03 Å². The van der Waals surface area contributed by atoms with Crippen LogP contribution >= 0.6 is 11.6 Å². The molecule has 0 bridgehead atoms. The van der Waals surface area contributed by atoms with E-state index in [0.29, 0.717) is 63.8 Å². The molecule has 0 radical (unpaired) electrons. The molecule has 45 heavy (non-hydrogen) atoms. The molecule has 0 unspecified atom stereocenters. The molecule has 1 saturated heterocycles. The Balaban J connectivity index is 0.000000159. The fourth-order valence-corrected chi connectivity index (χ4v) is 5.22. The molecular weight excluding hydrogens is 600 g/mol. The molecule has 6 aromatic heterocycles. The van der Waals surface area contributed by atoms with E-state index in [1.807, 2.05) is 11.8 Å². The molecule has 6 aromatic rings. The number of halogens is 1. The Morgan fingerprint density at radius 3 is 2.11 bits per heavy atom. The van der Waals surface area contributed by atoms with Gasteiger partial charge in [0.25, 0.3) is 11.8 Å². The van der Waals surface area contributed by atoms with E-state index in [0.717, 1.165) is 32.4 Å². The summed E-state index contributed by atoms with van der Waals surface area (Å²) in [7, 11) is 1.76. The van der Waals surface area contributed by atoms with Gasteiger partial charge in [0.15, 0.2) is 28.0 Å². The van der Waals surface area contributed by atoms with Crippen LogP contribution in [0.2, 0.25) is 5.22 Å². The molecule has 0 aromatic carbocycles. The predicted molar refractivity (Wildman–Crippen MR) is 168 cm³/mol. The van der Waals surface area contributed by atoms with Gasteiger partial charge >= 0.3 is 0 Å². The summed E-state index contributed by atoms with van der Waals surface area (Å²) in [6.07, 6.45) is 4.55. The second kappa shape index (κ2) is 12.3. The number of hydrogen-bond donors (Lipinski definition) is 2. The van der Waals surface area contributed by atoms with Crippen molar-refractivity contribution >= 4 is 46.3 Å². The van der Waals surface area contributed by atoms with Crippen molar-refractivity contribution in [2.24, 2.45) is 0 Å². The predicted octanol–water partition coefficient (Wildman–Crippen LogP) is 4.51. The number of anilines is 2. The fourth-order valence-electron chi connectivity index (χ4n) is 5.07. The van der Waals surface area contributed by atoms with E-state index in [2.05, 4.69) is 20.2 Å². The molecule has 1 fully saturated rings. The topological polar surface area (TPSA) is 179 Å². The monoisotopic (exact) mass is 630 g/mol. The van der Waals surface area contributed by atoms with E-state index in [-0.39, 0.29) is 17.0 Å². The average molecular weight is 631 g/mol. The molecule has 1 aliphatic rings. The summed E-state index contributed by atoms with van der Waals surface area (Å²) in [6.45, 7) is 4.29. The molecule has 0 aliphatic carbocycles. The summed E-state index contributed by atoms with van der Waals surface area (Å²) < 4.78 is 13.6. The second-order valence-corrected chi connectivity index (χ2v) is 10.9. The van der Waals surface area contributed by atoms with Crippen molar-refractivity contribution in [3.8, 4) is 23.2 Å². The third-order valence-corrected chi connectivity index (χ3v) is 7.46. The smallest absolute Gasteiger partial charge is 0.254 e. The molecule has 232 valence electrons. The average Bonchev–Trinajstić information content (AvgIpc) is 3.86. The number of nitrogen functional groups attached to an aromatic ring is 2. The van der Waals surface area contributed by atoms with Gasteiger partial charge in [-0.1, -0.05) is 6.92 Å². The molecule has 4 N–H and O–H groups in total. The number of pyridine rings is 2. The Labute approximate surface area is 262 Å². The van der Waals surface area contributed by atoms with E-state index in [9.17, 15) is 9.59 Å². The van der Waals surface area contributed by atoms with E-state index >= 15 is 0 Å². The molecule has 2 amide bonds. The van der Waals surface area contributed by atoms with Crippen molar-refractivity contribution in [1.29, 1.82) is 0 Å². The highest BCUT2D eigenvalue weighted by atomic mass is 35.5. The summed E-state index contributed by atoms with van der Waals surface area (Å²) in [5.74, 6) is 2.40. The lowest BCUT2D eigenvalue weighted by Gasteiger charge is -2.16. The van der Waals surface area contributed by atoms with E-state index in [1.165, 1.54) is 9.03 Å². The van der Waals surface area contributed by atoms with Crippen molar-refractivity contribution in [3.63, 3.8) is 0 Å². The van der Waals surface area contributed by atoms with Crippen molar-refractivity contribution in [1.82, 2.24) is 39.0 Å². The molecular formula is C30H31ClN10O4. The van der Waals surface area contributed by atoms with Crippen LogP contribution < -0.4 is 11.5 Å². The van der Waals surface area contributed by atoms with Gasteiger partial charge in [-0.3, -0.25) is 9.59 Å². The van der Waals surface area contributed by atoms with Crippen molar-refractivity contribution < 1.29 is 18.4 Å². The lowest BCUT2D eigenvalue weighted by molar-refractivity contribution is 0.0786. The normalized spacial score (nSPS) is 12.9. The quantitative estimate of drug-likeness (QED) is 0.266. The highest BCUT2D eigenvalue weighted by Crippen LogP contribution is 2.24. The van der Waals surface area contributed by atoms with Gasteiger partial charge in [0, 0.05) is 37.8 Å². The summed E-state index contributed by atoms with van der Waals surface area (Å²) in [6, 6.07) is 13.5. The lowest BCUT2D eigenvalue weighted by atomic mass is 10.2. The minimum Gasteiger partial charge on any atom is -0.461 e. The van der Waals surface area contributed by atoms with Crippen LogP contribution in [0.5, 0.6) is 0 Å². The van der Waals surface area contributed by atoms with E-state index < -0.39 is 0 Å². The van der Waals surface area contributed by atoms with Gasteiger partial charge in [-0.05, 0) is 79.4 Å². The number of carbonyl (C=O) groups is 2. The molecule has 14 nitrogen and oxygen atoms in total. The largest absolute Gasteiger partial charge is 0.461 e. The van der Waals surface area contributed by atoms with Crippen LogP contribution in [0.4, 0.5) is 11.6 Å². The van der Waals surface area contributed by atoms with Gasteiger partial charge in [-0.25, -0.2) is 9.97 Å². The van der Waals surface area contributed by atoms with Crippen LogP contribution in [-0.4, -0.2) is 77.5 Å². The molecule has 15 heteroatoms. The number of nitrogens with two attached hydrogens (primary N) is 2.